The average molecular weight is 381 g/mol. The summed E-state index contributed by atoms with van der Waals surface area (Å²) in [4.78, 5) is 16.5. The van der Waals surface area contributed by atoms with Crippen molar-refractivity contribution in [2.24, 2.45) is 0 Å². The molecule has 8 heteroatoms. The minimum absolute atomic E-state index is 0.00132. The largest absolute Gasteiger partial charge is 0.493 e. The third-order valence-electron chi connectivity index (χ3n) is 4.44. The van der Waals surface area contributed by atoms with E-state index in [1.165, 1.54) is 0 Å². The topological polar surface area (TPSA) is 92.5 Å². The van der Waals surface area contributed by atoms with E-state index in [0.717, 1.165) is 5.52 Å². The van der Waals surface area contributed by atoms with Gasteiger partial charge in [0.15, 0.2) is 17.1 Å². The lowest BCUT2D eigenvalue weighted by Gasteiger charge is -2.07. The van der Waals surface area contributed by atoms with E-state index in [-0.39, 0.29) is 11.8 Å². The summed E-state index contributed by atoms with van der Waals surface area (Å²) in [5.41, 5.74) is 2.60. The van der Waals surface area contributed by atoms with Crippen molar-refractivity contribution in [3.63, 3.8) is 0 Å². The number of aromatic nitrogens is 3. The molecule has 0 aliphatic carbocycles. The Morgan fingerprint density at radius 2 is 1.75 bits per heavy atom. The smallest absolute Gasteiger partial charge is 0.420 e. The van der Waals surface area contributed by atoms with Gasteiger partial charge in [0, 0.05) is 17.2 Å². The van der Waals surface area contributed by atoms with E-state index in [1.807, 2.05) is 32.0 Å². The fourth-order valence-electron chi connectivity index (χ4n) is 3.09. The second kappa shape index (κ2) is 6.88. The Kier molecular flexibility index (Phi) is 4.38. The van der Waals surface area contributed by atoms with Crippen LogP contribution in [0, 0.1) is 0 Å². The van der Waals surface area contributed by atoms with Crippen LogP contribution in [0.4, 0.5) is 0 Å². The molecule has 0 aliphatic heterocycles. The number of methoxy groups -OCH3 is 2. The number of hydrogen-bond acceptors (Lipinski definition) is 7. The number of oxazole rings is 1. The summed E-state index contributed by atoms with van der Waals surface area (Å²) in [5.74, 6) is 1.53. The maximum atomic E-state index is 12.1. The molecule has 144 valence electrons. The first kappa shape index (κ1) is 17.8. The third-order valence-corrected chi connectivity index (χ3v) is 4.44. The highest BCUT2D eigenvalue weighted by Gasteiger charge is 2.16. The van der Waals surface area contributed by atoms with E-state index < -0.39 is 0 Å². The fourth-order valence-corrected chi connectivity index (χ4v) is 3.09. The van der Waals surface area contributed by atoms with Crippen LogP contribution in [0.3, 0.4) is 0 Å². The summed E-state index contributed by atoms with van der Waals surface area (Å²) in [6, 6.07) is 10.7. The zero-order chi connectivity index (χ0) is 19.8. The van der Waals surface area contributed by atoms with Crippen molar-refractivity contribution in [3.8, 4) is 34.3 Å². The van der Waals surface area contributed by atoms with Gasteiger partial charge in [-0.15, -0.1) is 0 Å². The van der Waals surface area contributed by atoms with Crippen LogP contribution in [0.2, 0.25) is 0 Å². The first-order valence-corrected chi connectivity index (χ1v) is 8.73. The van der Waals surface area contributed by atoms with Crippen molar-refractivity contribution >= 4 is 11.1 Å². The van der Waals surface area contributed by atoms with Gasteiger partial charge >= 0.3 is 5.76 Å². The molecule has 28 heavy (non-hydrogen) atoms. The SMILES string of the molecule is COc1ccc(-c2nc(-c3ccc4c(c3)oc(=O)n4C(C)C)no2)cc1OC. The van der Waals surface area contributed by atoms with Gasteiger partial charge in [0.05, 0.1) is 19.7 Å². The van der Waals surface area contributed by atoms with E-state index in [9.17, 15) is 4.79 Å². The number of hydrogen-bond donors (Lipinski definition) is 0. The minimum Gasteiger partial charge on any atom is -0.493 e. The van der Waals surface area contributed by atoms with Crippen molar-refractivity contribution < 1.29 is 18.4 Å². The zero-order valence-electron chi connectivity index (χ0n) is 15.9. The lowest BCUT2D eigenvalue weighted by Crippen LogP contribution is -2.15. The van der Waals surface area contributed by atoms with Gasteiger partial charge in [0.1, 0.15) is 0 Å². The zero-order valence-corrected chi connectivity index (χ0v) is 15.9. The molecule has 0 unspecified atom stereocenters. The van der Waals surface area contributed by atoms with E-state index in [0.29, 0.717) is 39.9 Å². The normalized spacial score (nSPS) is 11.3. The van der Waals surface area contributed by atoms with Crippen LogP contribution in [0.15, 0.2) is 50.1 Å². The van der Waals surface area contributed by atoms with Gasteiger partial charge in [-0.25, -0.2) is 4.79 Å². The molecule has 2 aromatic carbocycles. The van der Waals surface area contributed by atoms with Gasteiger partial charge in [0.25, 0.3) is 5.89 Å². The molecule has 0 saturated heterocycles. The molecular formula is C20H19N3O5. The maximum Gasteiger partial charge on any atom is 0.420 e. The summed E-state index contributed by atoms with van der Waals surface area (Å²) in [7, 11) is 3.14. The summed E-state index contributed by atoms with van der Waals surface area (Å²) in [6.45, 7) is 3.86. The highest BCUT2D eigenvalue weighted by atomic mass is 16.5. The predicted molar refractivity (Wildman–Crippen MR) is 103 cm³/mol. The molecule has 0 saturated carbocycles. The van der Waals surface area contributed by atoms with Crippen molar-refractivity contribution in [2.75, 3.05) is 14.2 Å². The molecule has 0 amide bonds. The number of benzene rings is 2. The molecule has 0 atom stereocenters. The average Bonchev–Trinajstić information content (AvgIpc) is 3.30. The Balaban J connectivity index is 1.72. The van der Waals surface area contributed by atoms with Crippen molar-refractivity contribution in [3.05, 3.63) is 46.9 Å². The van der Waals surface area contributed by atoms with Gasteiger partial charge in [-0.1, -0.05) is 5.16 Å². The highest BCUT2D eigenvalue weighted by Crippen LogP contribution is 2.32. The molecule has 0 fully saturated rings. The standard InChI is InChI=1S/C20H19N3O5/c1-11(2)23-14-7-5-12(9-16(14)27-20(23)24)18-21-19(28-22-18)13-6-8-15(25-3)17(10-13)26-4/h5-11H,1-4H3. The summed E-state index contributed by atoms with van der Waals surface area (Å²) >= 11 is 0. The Hall–Kier alpha value is -3.55. The van der Waals surface area contributed by atoms with Crippen molar-refractivity contribution in [1.29, 1.82) is 0 Å². The molecule has 2 heterocycles. The predicted octanol–water partition coefficient (Wildman–Crippen LogP) is 3.91. The Labute approximate surface area is 160 Å². The molecule has 4 aromatic rings. The Bertz CT molecular complexity index is 1200. The van der Waals surface area contributed by atoms with Crippen LogP contribution in [0.5, 0.6) is 11.5 Å². The van der Waals surface area contributed by atoms with Crippen molar-refractivity contribution in [1.82, 2.24) is 14.7 Å². The van der Waals surface area contributed by atoms with E-state index >= 15 is 0 Å². The van der Waals surface area contributed by atoms with Crippen LogP contribution >= 0.6 is 0 Å². The van der Waals surface area contributed by atoms with Gasteiger partial charge in [-0.3, -0.25) is 4.57 Å². The van der Waals surface area contributed by atoms with Gasteiger partial charge < -0.3 is 18.4 Å². The van der Waals surface area contributed by atoms with Crippen molar-refractivity contribution in [2.45, 2.75) is 19.9 Å². The molecule has 2 aromatic heterocycles. The minimum atomic E-state index is -0.388. The Morgan fingerprint density at radius 3 is 2.46 bits per heavy atom. The van der Waals surface area contributed by atoms with Crippen LogP contribution in [-0.4, -0.2) is 28.9 Å². The molecule has 0 N–H and O–H groups in total. The molecular weight excluding hydrogens is 362 g/mol. The maximum absolute atomic E-state index is 12.1. The van der Waals surface area contributed by atoms with E-state index in [4.69, 9.17) is 18.4 Å². The lowest BCUT2D eigenvalue weighted by atomic mass is 10.2. The monoisotopic (exact) mass is 381 g/mol. The molecule has 0 spiro atoms. The third kappa shape index (κ3) is 2.92. The van der Waals surface area contributed by atoms with Crippen LogP contribution < -0.4 is 15.2 Å². The Morgan fingerprint density at radius 1 is 1.00 bits per heavy atom. The summed E-state index contributed by atoms with van der Waals surface area (Å²) < 4.78 is 22.9. The first-order chi connectivity index (χ1) is 13.5. The number of nitrogens with zero attached hydrogens (tertiary/aromatic N) is 3. The number of rotatable bonds is 5. The van der Waals surface area contributed by atoms with E-state index in [2.05, 4.69) is 10.1 Å². The molecule has 0 bridgehead atoms. The highest BCUT2D eigenvalue weighted by molar-refractivity contribution is 5.79. The molecule has 0 aliphatic rings. The second-order valence-corrected chi connectivity index (χ2v) is 6.51. The van der Waals surface area contributed by atoms with Gasteiger partial charge in [-0.05, 0) is 50.2 Å². The van der Waals surface area contributed by atoms with Gasteiger partial charge in [-0.2, -0.15) is 4.98 Å². The van der Waals surface area contributed by atoms with Crippen LogP contribution in [0.1, 0.15) is 19.9 Å². The van der Waals surface area contributed by atoms with Crippen LogP contribution in [-0.2, 0) is 0 Å². The molecule has 4 rings (SSSR count). The molecule has 8 nitrogen and oxygen atoms in total. The first-order valence-electron chi connectivity index (χ1n) is 8.73. The van der Waals surface area contributed by atoms with Gasteiger partial charge in [0.2, 0.25) is 5.82 Å². The van der Waals surface area contributed by atoms with Crippen LogP contribution in [0.25, 0.3) is 33.9 Å². The fraction of sp³-hybridized carbons (Fsp3) is 0.250. The molecule has 0 radical (unpaired) electrons. The quantitative estimate of drug-likeness (QED) is 0.517. The lowest BCUT2D eigenvalue weighted by molar-refractivity contribution is 0.355. The van der Waals surface area contributed by atoms with E-state index in [1.54, 1.807) is 37.0 Å². The number of ether oxygens (including phenoxy) is 2. The second-order valence-electron chi connectivity index (χ2n) is 6.51. The summed E-state index contributed by atoms with van der Waals surface area (Å²) in [6.07, 6.45) is 0. The summed E-state index contributed by atoms with van der Waals surface area (Å²) in [5, 5.41) is 4.05. The number of fused-ring (bicyclic) bond motifs is 1.